The number of hydrogen-bond acceptors (Lipinski definition) is 7. The second-order valence-electron chi connectivity index (χ2n) is 6.15. The fraction of sp³-hybridized carbons (Fsp3) is 0.389. The highest BCUT2D eigenvalue weighted by Gasteiger charge is 2.29. The van der Waals surface area contributed by atoms with Crippen LogP contribution < -0.4 is 5.32 Å². The Bertz CT molecular complexity index is 825. The highest BCUT2D eigenvalue weighted by Crippen LogP contribution is 2.40. The first-order valence-electron chi connectivity index (χ1n) is 8.23. The summed E-state index contributed by atoms with van der Waals surface area (Å²) in [5, 5.41) is 4.93. The van der Waals surface area contributed by atoms with Crippen molar-refractivity contribution in [2.24, 2.45) is 5.92 Å². The molecule has 2 aromatic rings. The average molecular weight is 393 g/mol. The molecule has 0 saturated heterocycles. The summed E-state index contributed by atoms with van der Waals surface area (Å²) in [6.45, 7) is 1.76. The van der Waals surface area contributed by atoms with Gasteiger partial charge in [0.25, 0.3) is 5.91 Å². The standard InChI is InChI=1S/C18H19NO5S2/c1-10-5-6-11-13(8-10)26-16(15(11)18(22)23-2)19-14(20)9-24-17(21)12-4-3-7-25-12/h3-4,7,10H,5-6,8-9H2,1-2H3,(H,19,20)/t10-/m1/s1. The lowest BCUT2D eigenvalue weighted by Gasteiger charge is -2.18. The Morgan fingerprint density at radius 3 is 2.81 bits per heavy atom. The van der Waals surface area contributed by atoms with Crippen LogP contribution in [0.5, 0.6) is 0 Å². The molecular weight excluding hydrogens is 374 g/mol. The number of thiophene rings is 2. The molecule has 2 heterocycles. The van der Waals surface area contributed by atoms with Gasteiger partial charge in [0.1, 0.15) is 9.88 Å². The third-order valence-electron chi connectivity index (χ3n) is 4.21. The van der Waals surface area contributed by atoms with E-state index in [-0.39, 0.29) is 0 Å². The van der Waals surface area contributed by atoms with Gasteiger partial charge in [0, 0.05) is 4.88 Å². The molecule has 0 aliphatic heterocycles. The van der Waals surface area contributed by atoms with Crippen molar-refractivity contribution in [1.82, 2.24) is 0 Å². The summed E-state index contributed by atoms with van der Waals surface area (Å²) in [7, 11) is 1.33. The number of carbonyl (C=O) groups excluding carboxylic acids is 3. The van der Waals surface area contributed by atoms with E-state index in [1.54, 1.807) is 17.5 Å². The van der Waals surface area contributed by atoms with Crippen LogP contribution >= 0.6 is 22.7 Å². The Kier molecular flexibility index (Phi) is 5.73. The number of carbonyl (C=O) groups is 3. The lowest BCUT2D eigenvalue weighted by atomic mass is 9.88. The molecule has 1 amide bonds. The number of rotatable bonds is 5. The molecule has 0 bridgehead atoms. The number of fused-ring (bicyclic) bond motifs is 1. The first-order valence-corrected chi connectivity index (χ1v) is 9.92. The molecule has 6 nitrogen and oxygen atoms in total. The third-order valence-corrected chi connectivity index (χ3v) is 6.23. The summed E-state index contributed by atoms with van der Waals surface area (Å²) >= 11 is 2.65. The Labute approximate surface area is 159 Å². The van der Waals surface area contributed by atoms with E-state index in [2.05, 4.69) is 12.2 Å². The lowest BCUT2D eigenvalue weighted by molar-refractivity contribution is -0.119. The number of amides is 1. The van der Waals surface area contributed by atoms with Gasteiger partial charge in [-0.3, -0.25) is 4.79 Å². The number of esters is 2. The summed E-state index contributed by atoms with van der Waals surface area (Å²) in [4.78, 5) is 37.8. The molecule has 0 saturated carbocycles. The molecular formula is C18H19NO5S2. The molecule has 0 radical (unpaired) electrons. The second kappa shape index (κ2) is 8.01. The number of hydrogen-bond donors (Lipinski definition) is 1. The Morgan fingerprint density at radius 1 is 1.31 bits per heavy atom. The topological polar surface area (TPSA) is 81.7 Å². The Balaban J connectivity index is 1.71. The number of ether oxygens (including phenoxy) is 2. The summed E-state index contributed by atoms with van der Waals surface area (Å²) in [6, 6.07) is 3.37. The second-order valence-corrected chi connectivity index (χ2v) is 8.20. The van der Waals surface area contributed by atoms with Crippen molar-refractivity contribution in [3.63, 3.8) is 0 Å². The zero-order chi connectivity index (χ0) is 18.7. The molecule has 8 heteroatoms. The molecule has 26 heavy (non-hydrogen) atoms. The van der Waals surface area contributed by atoms with Gasteiger partial charge >= 0.3 is 11.9 Å². The Morgan fingerprint density at radius 2 is 2.12 bits per heavy atom. The molecule has 0 unspecified atom stereocenters. The third kappa shape index (κ3) is 3.96. The molecule has 2 aromatic heterocycles. The predicted octanol–water partition coefficient (Wildman–Crippen LogP) is 3.52. The quantitative estimate of drug-likeness (QED) is 0.786. The summed E-state index contributed by atoms with van der Waals surface area (Å²) in [6.07, 6.45) is 2.67. The van der Waals surface area contributed by atoms with E-state index in [4.69, 9.17) is 9.47 Å². The molecule has 0 aromatic carbocycles. The van der Waals surface area contributed by atoms with E-state index < -0.39 is 24.5 Å². The molecule has 3 rings (SSSR count). The van der Waals surface area contributed by atoms with Gasteiger partial charge in [0.2, 0.25) is 0 Å². The molecule has 138 valence electrons. The lowest BCUT2D eigenvalue weighted by Crippen LogP contribution is -2.21. The fourth-order valence-electron chi connectivity index (χ4n) is 2.92. The molecule has 1 aliphatic carbocycles. The van der Waals surface area contributed by atoms with Crippen molar-refractivity contribution in [2.75, 3.05) is 19.0 Å². The van der Waals surface area contributed by atoms with Crippen LogP contribution in [0.2, 0.25) is 0 Å². The smallest absolute Gasteiger partial charge is 0.348 e. The minimum atomic E-state index is -0.539. The van der Waals surface area contributed by atoms with E-state index in [0.717, 1.165) is 29.7 Å². The molecule has 1 aliphatic rings. The first-order chi connectivity index (χ1) is 12.5. The summed E-state index contributed by atoms with van der Waals surface area (Å²) in [5.74, 6) is -0.931. The van der Waals surface area contributed by atoms with E-state index in [9.17, 15) is 14.4 Å². The van der Waals surface area contributed by atoms with Crippen molar-refractivity contribution >= 4 is 45.5 Å². The maximum atomic E-state index is 12.2. The van der Waals surface area contributed by atoms with Crippen LogP contribution in [0, 0.1) is 5.92 Å². The van der Waals surface area contributed by atoms with Crippen molar-refractivity contribution in [2.45, 2.75) is 26.2 Å². The van der Waals surface area contributed by atoms with Crippen LogP contribution in [0.3, 0.4) is 0 Å². The van der Waals surface area contributed by atoms with Crippen molar-refractivity contribution in [3.05, 3.63) is 38.4 Å². The van der Waals surface area contributed by atoms with Gasteiger partial charge in [-0.25, -0.2) is 9.59 Å². The van der Waals surface area contributed by atoms with Gasteiger partial charge in [-0.2, -0.15) is 0 Å². The highest BCUT2D eigenvalue weighted by molar-refractivity contribution is 7.17. The minimum Gasteiger partial charge on any atom is -0.465 e. The minimum absolute atomic E-state index is 0.406. The van der Waals surface area contributed by atoms with Crippen molar-refractivity contribution in [3.8, 4) is 0 Å². The zero-order valence-electron chi connectivity index (χ0n) is 14.5. The summed E-state index contributed by atoms with van der Waals surface area (Å²) in [5.41, 5.74) is 1.39. The first kappa shape index (κ1) is 18.6. The van der Waals surface area contributed by atoms with E-state index in [1.807, 2.05) is 0 Å². The maximum absolute atomic E-state index is 12.2. The Hall–Kier alpha value is -2.19. The normalized spacial score (nSPS) is 15.8. The average Bonchev–Trinajstić information content (AvgIpc) is 3.26. The van der Waals surface area contributed by atoms with Crippen LogP contribution in [0.15, 0.2) is 17.5 Å². The molecule has 0 fully saturated rings. The van der Waals surface area contributed by atoms with Gasteiger partial charge in [0.15, 0.2) is 6.61 Å². The maximum Gasteiger partial charge on any atom is 0.348 e. The van der Waals surface area contributed by atoms with Gasteiger partial charge in [0.05, 0.1) is 12.7 Å². The van der Waals surface area contributed by atoms with E-state index >= 15 is 0 Å². The number of methoxy groups -OCH3 is 1. The van der Waals surface area contributed by atoms with Gasteiger partial charge < -0.3 is 14.8 Å². The van der Waals surface area contributed by atoms with Crippen LogP contribution in [0.25, 0.3) is 0 Å². The largest absolute Gasteiger partial charge is 0.465 e. The van der Waals surface area contributed by atoms with Crippen LogP contribution in [-0.4, -0.2) is 31.6 Å². The molecule has 0 spiro atoms. The number of nitrogens with one attached hydrogen (secondary N) is 1. The van der Waals surface area contributed by atoms with Crippen molar-refractivity contribution < 1.29 is 23.9 Å². The SMILES string of the molecule is COC(=O)c1c(NC(=O)COC(=O)c2cccs2)sc2c1CC[C@@H](C)C2. The number of anilines is 1. The van der Waals surface area contributed by atoms with Gasteiger partial charge in [-0.15, -0.1) is 22.7 Å². The predicted molar refractivity (Wildman–Crippen MR) is 100 cm³/mol. The highest BCUT2D eigenvalue weighted by atomic mass is 32.1. The monoisotopic (exact) mass is 393 g/mol. The van der Waals surface area contributed by atoms with Crippen molar-refractivity contribution in [1.29, 1.82) is 0 Å². The van der Waals surface area contributed by atoms with Crippen LogP contribution in [0.4, 0.5) is 5.00 Å². The molecule has 1 atom stereocenters. The van der Waals surface area contributed by atoms with E-state index in [0.29, 0.717) is 21.4 Å². The van der Waals surface area contributed by atoms with Gasteiger partial charge in [-0.05, 0) is 42.2 Å². The molecule has 1 N–H and O–H groups in total. The van der Waals surface area contributed by atoms with Crippen LogP contribution in [-0.2, 0) is 27.1 Å². The van der Waals surface area contributed by atoms with Gasteiger partial charge in [-0.1, -0.05) is 13.0 Å². The van der Waals surface area contributed by atoms with Crippen LogP contribution in [0.1, 0.15) is 43.8 Å². The zero-order valence-corrected chi connectivity index (χ0v) is 16.1. The fourth-order valence-corrected chi connectivity index (χ4v) is 4.95. The summed E-state index contributed by atoms with van der Waals surface area (Å²) < 4.78 is 9.90. The van der Waals surface area contributed by atoms with E-state index in [1.165, 1.54) is 29.8 Å².